The van der Waals surface area contributed by atoms with Crippen molar-refractivity contribution < 1.29 is 4.79 Å². The second kappa shape index (κ2) is 12.3. The molecule has 1 unspecified atom stereocenters. The van der Waals surface area contributed by atoms with Crippen molar-refractivity contribution in [3.05, 3.63) is 64.7 Å². The maximum absolute atomic E-state index is 12.0. The fraction of sp³-hybridized carbons (Fsp3) is 0.429. The van der Waals surface area contributed by atoms with Gasteiger partial charge in [-0.3, -0.25) is 4.98 Å². The Balaban J connectivity index is 0.00000176. The third-order valence-electron chi connectivity index (χ3n) is 4.10. The zero-order chi connectivity index (χ0) is 20.2. The van der Waals surface area contributed by atoms with Crippen LogP contribution in [0.4, 0.5) is 4.79 Å². The molecule has 0 aliphatic heterocycles. The summed E-state index contributed by atoms with van der Waals surface area (Å²) in [6.45, 7) is 6.70. The van der Waals surface area contributed by atoms with Gasteiger partial charge in [0.15, 0.2) is 0 Å². The van der Waals surface area contributed by atoms with Gasteiger partial charge in [0, 0.05) is 30.1 Å². The van der Waals surface area contributed by atoms with E-state index >= 15 is 0 Å². The van der Waals surface area contributed by atoms with E-state index in [1.54, 1.807) is 0 Å². The minimum Gasteiger partial charge on any atom is -0.337 e. The number of nitrogens with two attached hydrogens (primary N) is 1. The lowest BCUT2D eigenvalue weighted by Gasteiger charge is -2.09. The molecule has 2 amide bonds. The molecule has 2 rings (SSSR count). The van der Waals surface area contributed by atoms with Gasteiger partial charge in [-0.15, -0.1) is 11.6 Å². The van der Waals surface area contributed by atoms with Crippen molar-refractivity contribution >= 4 is 17.6 Å². The molecule has 0 aromatic carbocycles. The molecule has 5 nitrogen and oxygen atoms in total. The van der Waals surface area contributed by atoms with Crippen LogP contribution < -0.4 is 16.4 Å². The van der Waals surface area contributed by atoms with E-state index in [2.05, 4.69) is 34.3 Å². The number of urea groups is 1. The van der Waals surface area contributed by atoms with Crippen LogP contribution in [0.15, 0.2) is 47.7 Å². The lowest BCUT2D eigenvalue weighted by molar-refractivity contribution is 0.243. The summed E-state index contributed by atoms with van der Waals surface area (Å²) < 4.78 is 0. The van der Waals surface area contributed by atoms with Crippen LogP contribution in [-0.2, 0) is 12.8 Å². The van der Waals surface area contributed by atoms with Crippen LogP contribution in [0, 0.1) is 6.92 Å². The highest BCUT2D eigenvalue weighted by atomic mass is 35.5. The molecule has 1 aromatic rings. The smallest absolute Gasteiger partial charge is 0.319 e. The average Bonchev–Trinajstić information content (AvgIpc) is 2.81. The number of hydrogen-bond acceptors (Lipinski definition) is 3. The van der Waals surface area contributed by atoms with Gasteiger partial charge >= 0.3 is 6.03 Å². The largest absolute Gasteiger partial charge is 0.337 e. The van der Waals surface area contributed by atoms with Crippen LogP contribution in [0.25, 0.3) is 0 Å². The van der Waals surface area contributed by atoms with Crippen molar-refractivity contribution in [2.75, 3.05) is 13.6 Å². The molecular formula is C21H31ClN4O. The maximum atomic E-state index is 12.0. The number of pyridine rings is 1. The number of aryl methyl sites for hydroxylation is 2. The van der Waals surface area contributed by atoms with E-state index in [1.165, 1.54) is 12.6 Å². The van der Waals surface area contributed by atoms with Gasteiger partial charge in [-0.25, -0.2) is 4.79 Å². The molecule has 4 N–H and O–H groups in total. The van der Waals surface area contributed by atoms with Crippen molar-refractivity contribution in [1.82, 2.24) is 15.6 Å². The highest BCUT2D eigenvalue weighted by Gasteiger charge is 2.08. The molecule has 6 heteroatoms. The first-order valence-corrected chi connectivity index (χ1v) is 9.72. The molecule has 0 spiro atoms. The lowest BCUT2D eigenvalue weighted by atomic mass is 10.1. The summed E-state index contributed by atoms with van der Waals surface area (Å²) in [7, 11) is 1.50. The number of nitrogens with zero attached hydrogens (tertiary/aromatic N) is 1. The molecule has 1 aliphatic rings. The summed E-state index contributed by atoms with van der Waals surface area (Å²) >= 11 is 6.14. The molecular weight excluding hydrogens is 360 g/mol. The van der Waals surface area contributed by atoms with Gasteiger partial charge in [0.25, 0.3) is 0 Å². The quantitative estimate of drug-likeness (QED) is 0.647. The summed E-state index contributed by atoms with van der Waals surface area (Å²) in [6, 6.07) is 3.95. The van der Waals surface area contributed by atoms with Crippen molar-refractivity contribution in [3.8, 4) is 0 Å². The summed E-state index contributed by atoms with van der Waals surface area (Å²) in [5, 5.41) is 5.55. The Bertz CT molecular complexity index is 710. The van der Waals surface area contributed by atoms with E-state index in [-0.39, 0.29) is 11.4 Å². The Kier molecular flexibility index (Phi) is 10.5. The van der Waals surface area contributed by atoms with Crippen LogP contribution >= 0.6 is 11.6 Å². The SMILES string of the molecule is CCCc1ccc(CCNC(=O)NC2=CC=C(C)C(Cl)C=C2)nc1C.CN. The molecule has 0 fully saturated rings. The van der Waals surface area contributed by atoms with Crippen LogP contribution in [0.1, 0.15) is 37.2 Å². The molecule has 0 radical (unpaired) electrons. The number of rotatable bonds is 6. The van der Waals surface area contributed by atoms with Crippen LogP contribution in [0.5, 0.6) is 0 Å². The third kappa shape index (κ3) is 7.97. The number of halogens is 1. The summed E-state index contributed by atoms with van der Waals surface area (Å²) in [6.07, 6.45) is 10.3. The fourth-order valence-electron chi connectivity index (χ4n) is 2.59. The molecule has 1 heterocycles. The average molecular weight is 391 g/mol. The van der Waals surface area contributed by atoms with E-state index in [0.717, 1.165) is 35.5 Å². The Hall–Kier alpha value is -2.11. The van der Waals surface area contributed by atoms with E-state index < -0.39 is 0 Å². The molecule has 27 heavy (non-hydrogen) atoms. The number of amides is 2. The number of carbonyl (C=O) groups is 1. The number of hydrogen-bond donors (Lipinski definition) is 3. The zero-order valence-corrected chi connectivity index (χ0v) is 17.4. The molecule has 0 bridgehead atoms. The number of nitrogens with one attached hydrogen (secondary N) is 2. The normalized spacial score (nSPS) is 15.7. The van der Waals surface area contributed by atoms with E-state index in [9.17, 15) is 4.79 Å². The van der Waals surface area contributed by atoms with Gasteiger partial charge in [0.2, 0.25) is 0 Å². The van der Waals surface area contributed by atoms with Gasteiger partial charge in [0.05, 0.1) is 5.38 Å². The monoisotopic (exact) mass is 390 g/mol. The van der Waals surface area contributed by atoms with Crippen LogP contribution in [0.2, 0.25) is 0 Å². The van der Waals surface area contributed by atoms with E-state index in [4.69, 9.17) is 11.6 Å². The van der Waals surface area contributed by atoms with Gasteiger partial charge in [-0.1, -0.05) is 37.1 Å². The van der Waals surface area contributed by atoms with Gasteiger partial charge in [-0.2, -0.15) is 0 Å². The number of alkyl halides is 1. The minimum atomic E-state index is -0.227. The molecule has 1 aromatic heterocycles. The Morgan fingerprint density at radius 1 is 1.22 bits per heavy atom. The lowest BCUT2D eigenvalue weighted by Crippen LogP contribution is -2.35. The van der Waals surface area contributed by atoms with Crippen molar-refractivity contribution in [3.63, 3.8) is 0 Å². The standard InChI is InChI=1S/C20H26ClN3O.CH5N/c1-4-5-16-7-9-18(23-15(16)3)12-13-22-20(25)24-17-8-6-14(2)19(21)11-10-17;1-2/h6-11,19H,4-5,12-13H2,1-3H3,(H2,22,24,25);2H2,1H3. The Labute approximate surface area is 167 Å². The highest BCUT2D eigenvalue weighted by Crippen LogP contribution is 2.15. The zero-order valence-electron chi connectivity index (χ0n) is 16.7. The molecule has 148 valence electrons. The summed E-state index contributed by atoms with van der Waals surface area (Å²) in [5.74, 6) is 0. The van der Waals surface area contributed by atoms with Crippen LogP contribution in [0.3, 0.4) is 0 Å². The Morgan fingerprint density at radius 3 is 2.63 bits per heavy atom. The third-order valence-corrected chi connectivity index (χ3v) is 4.59. The first-order chi connectivity index (χ1) is 13.0. The minimum absolute atomic E-state index is 0.136. The molecule has 0 saturated carbocycles. The number of carbonyl (C=O) groups excluding carboxylic acids is 1. The summed E-state index contributed by atoms with van der Waals surface area (Å²) in [4.78, 5) is 16.6. The van der Waals surface area contributed by atoms with Gasteiger partial charge < -0.3 is 16.4 Å². The molecule has 1 atom stereocenters. The first kappa shape index (κ1) is 22.9. The second-order valence-corrected chi connectivity index (χ2v) is 6.69. The second-order valence-electron chi connectivity index (χ2n) is 6.22. The van der Waals surface area contributed by atoms with Crippen molar-refractivity contribution in [2.45, 2.75) is 45.4 Å². The molecule has 1 aliphatic carbocycles. The molecule has 0 saturated heterocycles. The number of allylic oxidation sites excluding steroid dienone is 5. The number of aromatic nitrogens is 1. The first-order valence-electron chi connectivity index (χ1n) is 9.28. The van der Waals surface area contributed by atoms with Crippen molar-refractivity contribution in [1.29, 1.82) is 0 Å². The van der Waals surface area contributed by atoms with Crippen LogP contribution in [-0.4, -0.2) is 30.0 Å². The predicted molar refractivity (Wildman–Crippen MR) is 114 cm³/mol. The summed E-state index contributed by atoms with van der Waals surface area (Å²) in [5.41, 5.74) is 9.64. The topological polar surface area (TPSA) is 80.0 Å². The van der Waals surface area contributed by atoms with Gasteiger partial charge in [0.1, 0.15) is 0 Å². The highest BCUT2D eigenvalue weighted by molar-refractivity contribution is 6.23. The Morgan fingerprint density at radius 2 is 1.96 bits per heavy atom. The maximum Gasteiger partial charge on any atom is 0.319 e. The van der Waals surface area contributed by atoms with E-state index in [1.807, 2.05) is 44.2 Å². The van der Waals surface area contributed by atoms with Crippen molar-refractivity contribution in [2.24, 2.45) is 5.73 Å². The fourth-order valence-corrected chi connectivity index (χ4v) is 2.73. The van der Waals surface area contributed by atoms with Gasteiger partial charge in [-0.05, 0) is 51.1 Å². The van der Waals surface area contributed by atoms with E-state index in [0.29, 0.717) is 13.0 Å². The predicted octanol–water partition coefficient (Wildman–Crippen LogP) is 3.77.